The molecule has 0 spiro atoms. The van der Waals surface area contributed by atoms with Gasteiger partial charge in [0.1, 0.15) is 0 Å². The monoisotopic (exact) mass is 271 g/mol. The summed E-state index contributed by atoms with van der Waals surface area (Å²) in [6.45, 7) is 5.11. The van der Waals surface area contributed by atoms with Crippen LogP contribution in [0.4, 0.5) is 0 Å². The van der Waals surface area contributed by atoms with Crippen LogP contribution in [0.15, 0.2) is 36.4 Å². The van der Waals surface area contributed by atoms with Gasteiger partial charge in [-0.2, -0.15) is 0 Å². The third-order valence-electron chi connectivity index (χ3n) is 3.62. The third kappa shape index (κ3) is 3.29. The van der Waals surface area contributed by atoms with E-state index in [4.69, 9.17) is 5.11 Å². The van der Waals surface area contributed by atoms with E-state index in [0.29, 0.717) is 5.56 Å². The van der Waals surface area contributed by atoms with Crippen molar-refractivity contribution in [3.63, 3.8) is 0 Å². The highest BCUT2D eigenvalue weighted by atomic mass is 16.4. The molecule has 0 aliphatic heterocycles. The number of hydrogen-bond donors (Lipinski definition) is 1. The second kappa shape index (κ2) is 6.42. The van der Waals surface area contributed by atoms with Crippen molar-refractivity contribution in [2.24, 2.45) is 0 Å². The number of aryl methyl sites for hydroxylation is 2. The predicted octanol–water partition coefficient (Wildman–Crippen LogP) is 3.89. The van der Waals surface area contributed by atoms with Gasteiger partial charge in [0, 0.05) is 17.9 Å². The number of carboxylic acids is 1. The molecule has 2 rings (SSSR count). The number of benzene rings is 1. The van der Waals surface area contributed by atoms with Crippen molar-refractivity contribution in [1.29, 1.82) is 0 Å². The number of rotatable bonds is 6. The van der Waals surface area contributed by atoms with Crippen LogP contribution in [0.25, 0.3) is 0 Å². The van der Waals surface area contributed by atoms with Gasteiger partial charge >= 0.3 is 5.97 Å². The van der Waals surface area contributed by atoms with Crippen molar-refractivity contribution in [2.75, 3.05) is 0 Å². The molecule has 0 unspecified atom stereocenters. The van der Waals surface area contributed by atoms with Crippen LogP contribution >= 0.6 is 0 Å². The summed E-state index contributed by atoms with van der Waals surface area (Å²) in [5.74, 6) is -0.877. The zero-order valence-corrected chi connectivity index (χ0v) is 12.1. The molecule has 2 aromatic rings. The average molecular weight is 271 g/mol. The van der Waals surface area contributed by atoms with Gasteiger partial charge in [0.15, 0.2) is 0 Å². The SMILES string of the molecule is CCCCc1ccc(C)n1Cc1ccc(C(=O)O)cc1. The van der Waals surface area contributed by atoms with Crippen LogP contribution in [-0.4, -0.2) is 15.6 Å². The van der Waals surface area contributed by atoms with Crippen LogP contribution in [0.1, 0.15) is 47.1 Å². The summed E-state index contributed by atoms with van der Waals surface area (Å²) in [4.78, 5) is 10.9. The maximum Gasteiger partial charge on any atom is 0.335 e. The summed E-state index contributed by atoms with van der Waals surface area (Å²) >= 11 is 0. The molecule has 0 aliphatic carbocycles. The molecule has 0 saturated heterocycles. The summed E-state index contributed by atoms with van der Waals surface area (Å²) in [6, 6.07) is 11.5. The summed E-state index contributed by atoms with van der Waals surface area (Å²) in [5.41, 5.74) is 4.07. The average Bonchev–Trinajstić information content (AvgIpc) is 2.78. The van der Waals surface area contributed by atoms with Gasteiger partial charge in [-0.1, -0.05) is 25.5 Å². The molecule has 0 saturated carbocycles. The van der Waals surface area contributed by atoms with Crippen LogP contribution in [0.2, 0.25) is 0 Å². The van der Waals surface area contributed by atoms with Crippen molar-refractivity contribution >= 4 is 5.97 Å². The minimum absolute atomic E-state index is 0.337. The lowest BCUT2D eigenvalue weighted by atomic mass is 10.1. The number of carbonyl (C=O) groups is 1. The molecule has 1 heterocycles. The van der Waals surface area contributed by atoms with E-state index in [-0.39, 0.29) is 0 Å². The van der Waals surface area contributed by atoms with Crippen molar-refractivity contribution in [1.82, 2.24) is 4.57 Å². The molecule has 0 radical (unpaired) electrons. The van der Waals surface area contributed by atoms with E-state index in [1.807, 2.05) is 12.1 Å². The molecular formula is C17H21NO2. The highest BCUT2D eigenvalue weighted by Crippen LogP contribution is 2.15. The van der Waals surface area contributed by atoms with Crippen LogP contribution in [-0.2, 0) is 13.0 Å². The fourth-order valence-corrected chi connectivity index (χ4v) is 2.36. The molecular weight excluding hydrogens is 250 g/mol. The third-order valence-corrected chi connectivity index (χ3v) is 3.62. The lowest BCUT2D eigenvalue weighted by molar-refractivity contribution is 0.0697. The molecule has 106 valence electrons. The molecule has 3 heteroatoms. The minimum Gasteiger partial charge on any atom is -0.478 e. The molecule has 3 nitrogen and oxygen atoms in total. The van der Waals surface area contributed by atoms with Crippen LogP contribution in [0.5, 0.6) is 0 Å². The van der Waals surface area contributed by atoms with E-state index in [1.165, 1.54) is 24.2 Å². The summed E-state index contributed by atoms with van der Waals surface area (Å²) in [7, 11) is 0. The normalized spacial score (nSPS) is 10.7. The Morgan fingerprint density at radius 3 is 2.45 bits per heavy atom. The van der Waals surface area contributed by atoms with E-state index in [1.54, 1.807) is 12.1 Å². The molecule has 20 heavy (non-hydrogen) atoms. The first-order chi connectivity index (χ1) is 9.61. The molecule has 0 amide bonds. The summed E-state index contributed by atoms with van der Waals surface area (Å²) < 4.78 is 2.31. The number of unbranched alkanes of at least 4 members (excludes halogenated alkanes) is 1. The van der Waals surface area contributed by atoms with E-state index in [9.17, 15) is 4.79 Å². The second-order valence-corrected chi connectivity index (χ2v) is 5.16. The van der Waals surface area contributed by atoms with Crippen molar-refractivity contribution in [2.45, 2.75) is 39.7 Å². The standard InChI is InChI=1S/C17H21NO2/c1-3-4-5-16-11-6-13(2)18(16)12-14-7-9-15(10-8-14)17(19)20/h6-11H,3-5,12H2,1-2H3,(H,19,20). The Kier molecular flexibility index (Phi) is 4.61. The molecule has 1 aromatic carbocycles. The Bertz CT molecular complexity index is 582. The van der Waals surface area contributed by atoms with E-state index in [2.05, 4.69) is 30.5 Å². The first-order valence-electron chi connectivity index (χ1n) is 7.09. The van der Waals surface area contributed by atoms with Crippen LogP contribution < -0.4 is 0 Å². The van der Waals surface area contributed by atoms with Gasteiger partial charge in [-0.25, -0.2) is 4.79 Å². The lowest BCUT2D eigenvalue weighted by Crippen LogP contribution is -2.06. The van der Waals surface area contributed by atoms with Gasteiger partial charge in [-0.15, -0.1) is 0 Å². The topological polar surface area (TPSA) is 42.2 Å². The van der Waals surface area contributed by atoms with Gasteiger partial charge < -0.3 is 9.67 Å². The van der Waals surface area contributed by atoms with Gasteiger partial charge in [0.2, 0.25) is 0 Å². The van der Waals surface area contributed by atoms with E-state index < -0.39 is 5.97 Å². The zero-order valence-electron chi connectivity index (χ0n) is 12.1. The highest BCUT2D eigenvalue weighted by molar-refractivity contribution is 5.87. The summed E-state index contributed by atoms with van der Waals surface area (Å²) in [5, 5.41) is 8.91. The van der Waals surface area contributed by atoms with E-state index in [0.717, 1.165) is 18.5 Å². The number of hydrogen-bond acceptors (Lipinski definition) is 1. The quantitative estimate of drug-likeness (QED) is 0.866. The van der Waals surface area contributed by atoms with Crippen molar-refractivity contribution < 1.29 is 9.90 Å². The fraction of sp³-hybridized carbons (Fsp3) is 0.353. The smallest absolute Gasteiger partial charge is 0.335 e. The highest BCUT2D eigenvalue weighted by Gasteiger charge is 2.07. The molecule has 0 atom stereocenters. The number of nitrogens with zero attached hydrogens (tertiary/aromatic N) is 1. The lowest BCUT2D eigenvalue weighted by Gasteiger charge is -2.12. The Labute approximate surface area is 119 Å². The molecule has 0 aliphatic rings. The Balaban J connectivity index is 2.16. The molecule has 0 fully saturated rings. The molecule has 1 N–H and O–H groups in total. The predicted molar refractivity (Wildman–Crippen MR) is 80.3 cm³/mol. The first kappa shape index (κ1) is 14.4. The second-order valence-electron chi connectivity index (χ2n) is 5.16. The minimum atomic E-state index is -0.877. The van der Waals surface area contributed by atoms with E-state index >= 15 is 0 Å². The fourth-order valence-electron chi connectivity index (χ4n) is 2.36. The Morgan fingerprint density at radius 1 is 1.15 bits per heavy atom. The zero-order chi connectivity index (χ0) is 14.5. The van der Waals surface area contributed by atoms with Crippen LogP contribution in [0.3, 0.4) is 0 Å². The Morgan fingerprint density at radius 2 is 1.85 bits per heavy atom. The maximum atomic E-state index is 10.9. The Hall–Kier alpha value is -2.03. The maximum absolute atomic E-state index is 10.9. The largest absolute Gasteiger partial charge is 0.478 e. The first-order valence-corrected chi connectivity index (χ1v) is 7.09. The van der Waals surface area contributed by atoms with Gasteiger partial charge in [-0.05, 0) is 49.6 Å². The van der Waals surface area contributed by atoms with Crippen LogP contribution in [0, 0.1) is 6.92 Å². The number of aromatic carboxylic acids is 1. The van der Waals surface area contributed by atoms with Gasteiger partial charge in [0.05, 0.1) is 5.56 Å². The molecule has 1 aromatic heterocycles. The molecule has 0 bridgehead atoms. The van der Waals surface area contributed by atoms with Crippen molar-refractivity contribution in [3.8, 4) is 0 Å². The number of carboxylic acid groups (broad SMARTS) is 1. The van der Waals surface area contributed by atoms with Crippen molar-refractivity contribution in [3.05, 3.63) is 58.9 Å². The van der Waals surface area contributed by atoms with Gasteiger partial charge in [0.25, 0.3) is 0 Å². The summed E-state index contributed by atoms with van der Waals surface area (Å²) in [6.07, 6.45) is 3.48. The van der Waals surface area contributed by atoms with Gasteiger partial charge in [-0.3, -0.25) is 0 Å². The number of aromatic nitrogens is 1.